The molecule has 3 rings (SSSR count). The van der Waals surface area contributed by atoms with E-state index in [2.05, 4.69) is 9.97 Å². The second kappa shape index (κ2) is 4.69. The number of aromatic nitrogens is 3. The SMILES string of the molecule is NS(=O)(=O)c1ccc(Cn2cnc3cnccc32)cc1. The lowest BCUT2D eigenvalue weighted by molar-refractivity contribution is 0.597. The fraction of sp³-hybridized carbons (Fsp3) is 0.0769. The van der Waals surface area contributed by atoms with E-state index >= 15 is 0 Å². The molecule has 0 unspecified atom stereocenters. The summed E-state index contributed by atoms with van der Waals surface area (Å²) < 4.78 is 24.4. The van der Waals surface area contributed by atoms with Gasteiger partial charge in [0.15, 0.2) is 0 Å². The highest BCUT2D eigenvalue weighted by Crippen LogP contribution is 2.14. The molecule has 0 aliphatic carbocycles. The molecule has 102 valence electrons. The first-order valence-corrected chi connectivity index (χ1v) is 7.45. The van der Waals surface area contributed by atoms with Gasteiger partial charge in [0.1, 0.15) is 5.52 Å². The molecule has 0 amide bonds. The lowest BCUT2D eigenvalue weighted by Crippen LogP contribution is -2.12. The molecule has 2 aromatic heterocycles. The number of hydrogen-bond donors (Lipinski definition) is 1. The minimum Gasteiger partial charge on any atom is -0.326 e. The van der Waals surface area contributed by atoms with Crippen LogP contribution in [0.5, 0.6) is 0 Å². The molecule has 0 atom stereocenters. The third-order valence-electron chi connectivity index (χ3n) is 3.03. The maximum Gasteiger partial charge on any atom is 0.238 e. The van der Waals surface area contributed by atoms with Gasteiger partial charge in [-0.1, -0.05) is 12.1 Å². The van der Waals surface area contributed by atoms with Crippen molar-refractivity contribution in [3.8, 4) is 0 Å². The Bertz CT molecular complexity index is 853. The molecular formula is C13H12N4O2S. The number of benzene rings is 1. The van der Waals surface area contributed by atoms with Crippen LogP contribution in [0.3, 0.4) is 0 Å². The van der Waals surface area contributed by atoms with Crippen molar-refractivity contribution in [3.05, 3.63) is 54.6 Å². The minimum atomic E-state index is -3.64. The molecule has 0 spiro atoms. The lowest BCUT2D eigenvalue weighted by Gasteiger charge is -2.05. The van der Waals surface area contributed by atoms with Gasteiger partial charge in [-0.15, -0.1) is 0 Å². The van der Waals surface area contributed by atoms with Crippen LogP contribution in [-0.2, 0) is 16.6 Å². The van der Waals surface area contributed by atoms with Crippen molar-refractivity contribution in [1.82, 2.24) is 14.5 Å². The zero-order valence-corrected chi connectivity index (χ0v) is 11.3. The monoisotopic (exact) mass is 288 g/mol. The average Bonchev–Trinajstić information content (AvgIpc) is 2.82. The smallest absolute Gasteiger partial charge is 0.238 e. The maximum absolute atomic E-state index is 11.2. The van der Waals surface area contributed by atoms with Gasteiger partial charge in [-0.2, -0.15) is 0 Å². The van der Waals surface area contributed by atoms with Gasteiger partial charge in [-0.25, -0.2) is 18.5 Å². The van der Waals surface area contributed by atoms with Gasteiger partial charge in [0, 0.05) is 12.7 Å². The third kappa shape index (κ3) is 2.40. The first-order valence-electron chi connectivity index (χ1n) is 5.91. The summed E-state index contributed by atoms with van der Waals surface area (Å²) in [5.41, 5.74) is 2.78. The summed E-state index contributed by atoms with van der Waals surface area (Å²) in [7, 11) is -3.64. The molecule has 2 heterocycles. The molecule has 0 radical (unpaired) electrons. The van der Waals surface area contributed by atoms with E-state index in [0.717, 1.165) is 16.6 Å². The van der Waals surface area contributed by atoms with Crippen LogP contribution in [0.2, 0.25) is 0 Å². The van der Waals surface area contributed by atoms with Crippen molar-refractivity contribution < 1.29 is 8.42 Å². The molecular weight excluding hydrogens is 276 g/mol. The normalized spacial score (nSPS) is 11.8. The number of rotatable bonds is 3. The van der Waals surface area contributed by atoms with E-state index in [1.54, 1.807) is 30.9 Å². The fourth-order valence-corrected chi connectivity index (χ4v) is 2.54. The molecule has 0 aliphatic rings. The molecule has 0 bridgehead atoms. The van der Waals surface area contributed by atoms with Crippen molar-refractivity contribution >= 4 is 21.1 Å². The molecule has 1 aromatic carbocycles. The Kier molecular flexibility index (Phi) is 3.00. The van der Waals surface area contributed by atoms with Crippen LogP contribution in [0.25, 0.3) is 11.0 Å². The Labute approximate surface area is 115 Å². The van der Waals surface area contributed by atoms with Crippen LogP contribution in [0.1, 0.15) is 5.56 Å². The summed E-state index contributed by atoms with van der Waals surface area (Å²) >= 11 is 0. The predicted octanol–water partition coefficient (Wildman–Crippen LogP) is 1.13. The van der Waals surface area contributed by atoms with Crippen LogP contribution in [0.15, 0.2) is 53.9 Å². The minimum absolute atomic E-state index is 0.112. The lowest BCUT2D eigenvalue weighted by atomic mass is 10.2. The number of fused-ring (bicyclic) bond motifs is 1. The highest BCUT2D eigenvalue weighted by molar-refractivity contribution is 7.89. The predicted molar refractivity (Wildman–Crippen MR) is 74.4 cm³/mol. The zero-order valence-electron chi connectivity index (χ0n) is 10.5. The fourth-order valence-electron chi connectivity index (χ4n) is 2.02. The van der Waals surface area contributed by atoms with Crippen molar-refractivity contribution in [2.24, 2.45) is 5.14 Å². The molecule has 20 heavy (non-hydrogen) atoms. The quantitative estimate of drug-likeness (QED) is 0.782. The summed E-state index contributed by atoms with van der Waals surface area (Å²) in [6.45, 7) is 0.603. The Morgan fingerprint density at radius 2 is 1.90 bits per heavy atom. The van der Waals surface area contributed by atoms with Crippen LogP contribution in [0.4, 0.5) is 0 Å². The van der Waals surface area contributed by atoms with Gasteiger partial charge in [-0.05, 0) is 23.8 Å². The van der Waals surface area contributed by atoms with E-state index in [0.29, 0.717) is 6.54 Å². The molecule has 7 heteroatoms. The second-order valence-electron chi connectivity index (χ2n) is 4.43. The van der Waals surface area contributed by atoms with Crippen molar-refractivity contribution in [3.63, 3.8) is 0 Å². The number of nitrogens with two attached hydrogens (primary N) is 1. The van der Waals surface area contributed by atoms with E-state index in [9.17, 15) is 8.42 Å². The third-order valence-corrected chi connectivity index (χ3v) is 3.96. The standard InChI is InChI=1S/C13H12N4O2S/c14-20(18,19)11-3-1-10(2-4-11)8-17-9-16-12-7-15-6-5-13(12)17/h1-7,9H,8H2,(H2,14,18,19). The second-order valence-corrected chi connectivity index (χ2v) is 5.99. The first-order chi connectivity index (χ1) is 9.54. The highest BCUT2D eigenvalue weighted by atomic mass is 32.2. The van der Waals surface area contributed by atoms with Gasteiger partial charge in [0.25, 0.3) is 0 Å². The van der Waals surface area contributed by atoms with Gasteiger partial charge in [0.2, 0.25) is 10.0 Å². The highest BCUT2D eigenvalue weighted by Gasteiger charge is 2.07. The Balaban J connectivity index is 1.92. The topological polar surface area (TPSA) is 90.9 Å². The molecule has 3 aromatic rings. The number of hydrogen-bond acceptors (Lipinski definition) is 4. The largest absolute Gasteiger partial charge is 0.326 e. The van der Waals surface area contributed by atoms with E-state index < -0.39 is 10.0 Å². The van der Waals surface area contributed by atoms with E-state index in [1.165, 1.54) is 12.1 Å². The molecule has 0 aliphatic heterocycles. The summed E-state index contributed by atoms with van der Waals surface area (Å²) in [5.74, 6) is 0. The van der Waals surface area contributed by atoms with Crippen molar-refractivity contribution in [2.75, 3.05) is 0 Å². The number of nitrogens with zero attached hydrogens (tertiary/aromatic N) is 3. The van der Waals surface area contributed by atoms with Gasteiger partial charge >= 0.3 is 0 Å². The van der Waals surface area contributed by atoms with Gasteiger partial charge in [0.05, 0.1) is 22.9 Å². The number of primary sulfonamides is 1. The van der Waals surface area contributed by atoms with Crippen molar-refractivity contribution in [2.45, 2.75) is 11.4 Å². The summed E-state index contributed by atoms with van der Waals surface area (Å²) in [6.07, 6.45) is 5.15. The Hall–Kier alpha value is -2.25. The Morgan fingerprint density at radius 1 is 1.15 bits per heavy atom. The summed E-state index contributed by atoms with van der Waals surface area (Å²) in [6, 6.07) is 8.39. The molecule has 0 fully saturated rings. The van der Waals surface area contributed by atoms with Gasteiger partial charge in [-0.3, -0.25) is 4.98 Å². The van der Waals surface area contributed by atoms with E-state index in [4.69, 9.17) is 5.14 Å². The molecule has 0 saturated carbocycles. The van der Waals surface area contributed by atoms with Crippen molar-refractivity contribution in [1.29, 1.82) is 0 Å². The van der Waals surface area contributed by atoms with E-state index in [-0.39, 0.29) is 4.90 Å². The van der Waals surface area contributed by atoms with Crippen LogP contribution in [0, 0.1) is 0 Å². The van der Waals surface area contributed by atoms with Gasteiger partial charge < -0.3 is 4.57 Å². The van der Waals surface area contributed by atoms with Crippen LogP contribution < -0.4 is 5.14 Å². The molecule has 0 saturated heterocycles. The number of sulfonamides is 1. The summed E-state index contributed by atoms with van der Waals surface area (Å²) in [4.78, 5) is 8.38. The molecule has 2 N–H and O–H groups in total. The zero-order chi connectivity index (χ0) is 14.2. The van der Waals surface area contributed by atoms with Crippen LogP contribution >= 0.6 is 0 Å². The Morgan fingerprint density at radius 3 is 2.60 bits per heavy atom. The number of imidazole rings is 1. The van der Waals surface area contributed by atoms with Crippen LogP contribution in [-0.4, -0.2) is 23.0 Å². The maximum atomic E-state index is 11.2. The summed E-state index contributed by atoms with van der Waals surface area (Å²) in [5, 5.41) is 5.07. The average molecular weight is 288 g/mol. The number of pyridine rings is 1. The first kappa shape index (κ1) is 12.8. The molecule has 6 nitrogen and oxygen atoms in total. The van der Waals surface area contributed by atoms with E-state index in [1.807, 2.05) is 10.6 Å².